The second kappa shape index (κ2) is 7.74. The van der Waals surface area contributed by atoms with Crippen LogP contribution in [0.25, 0.3) is 11.1 Å². The highest BCUT2D eigenvalue weighted by molar-refractivity contribution is 5.77. The van der Waals surface area contributed by atoms with Crippen molar-refractivity contribution in [1.29, 1.82) is 0 Å². The summed E-state index contributed by atoms with van der Waals surface area (Å²) in [4.78, 5) is 0. The van der Waals surface area contributed by atoms with Gasteiger partial charge in [-0.05, 0) is 25.0 Å². The number of para-hydroxylation sites is 1. The lowest BCUT2D eigenvalue weighted by Gasteiger charge is -2.18. The second-order valence-electron chi connectivity index (χ2n) is 5.45. The maximum atomic E-state index is 3.67. The van der Waals surface area contributed by atoms with Gasteiger partial charge in [-0.2, -0.15) is 0 Å². The monoisotopic (exact) mass is 267 g/mol. The Morgan fingerprint density at radius 2 is 1.60 bits per heavy atom. The van der Waals surface area contributed by atoms with Gasteiger partial charge in [0.25, 0.3) is 0 Å². The Morgan fingerprint density at radius 3 is 2.35 bits per heavy atom. The summed E-state index contributed by atoms with van der Waals surface area (Å²) in [5.74, 6) is 0. The highest BCUT2D eigenvalue weighted by Crippen LogP contribution is 2.28. The van der Waals surface area contributed by atoms with E-state index in [0.29, 0.717) is 6.04 Å². The van der Waals surface area contributed by atoms with Crippen molar-refractivity contribution in [2.45, 2.75) is 45.6 Å². The molecule has 0 spiro atoms. The van der Waals surface area contributed by atoms with Gasteiger partial charge in [-0.15, -0.1) is 0 Å². The van der Waals surface area contributed by atoms with E-state index < -0.39 is 0 Å². The molecule has 2 aromatic rings. The molecule has 1 unspecified atom stereocenters. The standard InChI is InChI=1S/C19H25N/c1-3-4-6-11-16(2)20-19-15-10-9-14-18(19)17-12-7-5-8-13-17/h5,7-10,12-16,20H,3-4,6,11H2,1-2H3. The van der Waals surface area contributed by atoms with Gasteiger partial charge in [0, 0.05) is 17.3 Å². The molecule has 0 fully saturated rings. The minimum absolute atomic E-state index is 0.520. The maximum absolute atomic E-state index is 3.67. The summed E-state index contributed by atoms with van der Waals surface area (Å²) in [6, 6.07) is 19.7. The van der Waals surface area contributed by atoms with E-state index in [1.807, 2.05) is 0 Å². The van der Waals surface area contributed by atoms with Gasteiger partial charge in [-0.3, -0.25) is 0 Å². The van der Waals surface area contributed by atoms with Crippen molar-refractivity contribution < 1.29 is 0 Å². The number of hydrogen-bond donors (Lipinski definition) is 1. The third-order valence-electron chi connectivity index (χ3n) is 3.65. The highest BCUT2D eigenvalue weighted by atomic mass is 14.9. The largest absolute Gasteiger partial charge is 0.382 e. The molecule has 0 heterocycles. The fourth-order valence-electron chi connectivity index (χ4n) is 2.52. The number of rotatable bonds is 7. The molecule has 2 rings (SSSR count). The lowest BCUT2D eigenvalue weighted by atomic mass is 10.0. The first kappa shape index (κ1) is 14.6. The first-order chi connectivity index (χ1) is 9.81. The zero-order valence-corrected chi connectivity index (χ0v) is 12.6. The summed E-state index contributed by atoms with van der Waals surface area (Å²) < 4.78 is 0. The fraction of sp³-hybridized carbons (Fsp3) is 0.368. The van der Waals surface area contributed by atoms with Crippen molar-refractivity contribution >= 4 is 5.69 Å². The van der Waals surface area contributed by atoms with Crippen LogP contribution in [-0.4, -0.2) is 6.04 Å². The van der Waals surface area contributed by atoms with Crippen LogP contribution in [0.2, 0.25) is 0 Å². The molecule has 0 bridgehead atoms. The predicted octanol–water partition coefficient (Wildman–Crippen LogP) is 5.73. The minimum atomic E-state index is 0.520. The Morgan fingerprint density at radius 1 is 0.900 bits per heavy atom. The van der Waals surface area contributed by atoms with E-state index in [4.69, 9.17) is 0 Å². The maximum Gasteiger partial charge on any atom is 0.0421 e. The molecule has 20 heavy (non-hydrogen) atoms. The molecule has 106 valence electrons. The van der Waals surface area contributed by atoms with Crippen LogP contribution in [0.3, 0.4) is 0 Å². The van der Waals surface area contributed by atoms with Gasteiger partial charge in [0.2, 0.25) is 0 Å². The summed E-state index contributed by atoms with van der Waals surface area (Å²) in [5.41, 5.74) is 3.80. The molecule has 1 atom stereocenters. The zero-order valence-electron chi connectivity index (χ0n) is 12.6. The zero-order chi connectivity index (χ0) is 14.2. The smallest absolute Gasteiger partial charge is 0.0421 e. The van der Waals surface area contributed by atoms with Gasteiger partial charge in [0.1, 0.15) is 0 Å². The van der Waals surface area contributed by atoms with Crippen molar-refractivity contribution in [2.75, 3.05) is 5.32 Å². The van der Waals surface area contributed by atoms with Gasteiger partial charge in [0.15, 0.2) is 0 Å². The van der Waals surface area contributed by atoms with E-state index in [1.165, 1.54) is 42.5 Å². The van der Waals surface area contributed by atoms with Crippen LogP contribution in [0, 0.1) is 0 Å². The number of nitrogens with one attached hydrogen (secondary N) is 1. The molecule has 0 aliphatic heterocycles. The van der Waals surface area contributed by atoms with Crippen LogP contribution in [0.4, 0.5) is 5.69 Å². The van der Waals surface area contributed by atoms with Crippen LogP contribution in [0.15, 0.2) is 54.6 Å². The lowest BCUT2D eigenvalue weighted by Crippen LogP contribution is -2.15. The quantitative estimate of drug-likeness (QED) is 0.631. The summed E-state index contributed by atoms with van der Waals surface area (Å²) in [5, 5.41) is 3.67. The minimum Gasteiger partial charge on any atom is -0.382 e. The van der Waals surface area contributed by atoms with Gasteiger partial charge in [0.05, 0.1) is 0 Å². The third kappa shape index (κ3) is 4.12. The van der Waals surface area contributed by atoms with Crippen molar-refractivity contribution in [3.8, 4) is 11.1 Å². The van der Waals surface area contributed by atoms with Gasteiger partial charge in [-0.25, -0.2) is 0 Å². The fourth-order valence-corrected chi connectivity index (χ4v) is 2.52. The average Bonchev–Trinajstić information content (AvgIpc) is 2.49. The van der Waals surface area contributed by atoms with Crippen molar-refractivity contribution in [1.82, 2.24) is 0 Å². The Kier molecular flexibility index (Phi) is 5.67. The van der Waals surface area contributed by atoms with E-state index >= 15 is 0 Å². The molecule has 1 N–H and O–H groups in total. The molecule has 0 aromatic heterocycles. The van der Waals surface area contributed by atoms with Crippen LogP contribution < -0.4 is 5.32 Å². The van der Waals surface area contributed by atoms with Crippen LogP contribution in [0.5, 0.6) is 0 Å². The molecule has 1 heteroatoms. The molecule has 0 saturated heterocycles. The van der Waals surface area contributed by atoms with Crippen molar-refractivity contribution in [3.63, 3.8) is 0 Å². The predicted molar refractivity (Wildman–Crippen MR) is 89.1 cm³/mol. The molecule has 0 radical (unpaired) electrons. The van der Waals surface area contributed by atoms with E-state index in [2.05, 4.69) is 73.8 Å². The second-order valence-corrected chi connectivity index (χ2v) is 5.45. The van der Waals surface area contributed by atoms with E-state index in [0.717, 1.165) is 0 Å². The number of anilines is 1. The molecule has 0 aliphatic rings. The molecule has 0 amide bonds. The number of benzene rings is 2. The normalized spacial score (nSPS) is 12.1. The lowest BCUT2D eigenvalue weighted by molar-refractivity contribution is 0.615. The van der Waals surface area contributed by atoms with E-state index in [1.54, 1.807) is 0 Å². The Hall–Kier alpha value is -1.76. The van der Waals surface area contributed by atoms with Crippen molar-refractivity contribution in [3.05, 3.63) is 54.6 Å². The van der Waals surface area contributed by atoms with Crippen LogP contribution in [-0.2, 0) is 0 Å². The Bertz CT molecular complexity index is 504. The van der Waals surface area contributed by atoms with Crippen LogP contribution >= 0.6 is 0 Å². The van der Waals surface area contributed by atoms with Gasteiger partial charge < -0.3 is 5.32 Å². The number of unbranched alkanes of at least 4 members (excludes halogenated alkanes) is 2. The average molecular weight is 267 g/mol. The van der Waals surface area contributed by atoms with E-state index in [-0.39, 0.29) is 0 Å². The molecular formula is C19H25N. The summed E-state index contributed by atoms with van der Waals surface area (Å²) in [6.07, 6.45) is 5.15. The molecule has 0 saturated carbocycles. The van der Waals surface area contributed by atoms with Crippen molar-refractivity contribution in [2.24, 2.45) is 0 Å². The Labute approximate surface area is 123 Å². The number of hydrogen-bond acceptors (Lipinski definition) is 1. The van der Waals surface area contributed by atoms with Gasteiger partial charge in [-0.1, -0.05) is 74.7 Å². The summed E-state index contributed by atoms with van der Waals surface area (Å²) in [6.45, 7) is 4.53. The molecular weight excluding hydrogens is 242 g/mol. The highest BCUT2D eigenvalue weighted by Gasteiger charge is 2.07. The molecule has 0 aliphatic carbocycles. The third-order valence-corrected chi connectivity index (χ3v) is 3.65. The molecule has 1 nitrogen and oxygen atoms in total. The first-order valence-corrected chi connectivity index (χ1v) is 7.72. The summed E-state index contributed by atoms with van der Waals surface area (Å²) in [7, 11) is 0. The molecule has 2 aromatic carbocycles. The Balaban J connectivity index is 2.09. The van der Waals surface area contributed by atoms with Crippen LogP contribution in [0.1, 0.15) is 39.5 Å². The topological polar surface area (TPSA) is 12.0 Å². The SMILES string of the molecule is CCCCCC(C)Nc1ccccc1-c1ccccc1. The first-order valence-electron chi connectivity index (χ1n) is 7.72. The van der Waals surface area contributed by atoms with Gasteiger partial charge >= 0.3 is 0 Å². The summed E-state index contributed by atoms with van der Waals surface area (Å²) >= 11 is 0. The van der Waals surface area contributed by atoms with E-state index in [9.17, 15) is 0 Å².